The molecule has 1 fully saturated rings. The quantitative estimate of drug-likeness (QED) is 0.649. The summed E-state index contributed by atoms with van der Waals surface area (Å²) in [7, 11) is 1.60. The minimum Gasteiger partial charge on any atom is -0.382 e. The first-order valence-corrected chi connectivity index (χ1v) is 9.21. The Morgan fingerprint density at radius 3 is 2.62 bits per heavy atom. The largest absolute Gasteiger partial charge is 0.433 e. The predicted octanol–water partition coefficient (Wildman–Crippen LogP) is 2.44. The SMILES string of the molecule is COCCOC1CCC(N(C(=O)c2cc(C(F)(F)F)ncn2)n2ccnc2)CC1. The fourth-order valence-electron chi connectivity index (χ4n) is 3.34. The van der Waals surface area contributed by atoms with Crippen LogP contribution in [-0.2, 0) is 15.7 Å². The number of hydrogen-bond acceptors (Lipinski definition) is 6. The fraction of sp³-hybridized carbons (Fsp3) is 0.556. The lowest BCUT2D eigenvalue weighted by Crippen LogP contribution is -2.50. The molecule has 2 heterocycles. The van der Waals surface area contributed by atoms with Gasteiger partial charge in [0.2, 0.25) is 0 Å². The van der Waals surface area contributed by atoms with E-state index < -0.39 is 17.8 Å². The van der Waals surface area contributed by atoms with Crippen LogP contribution in [0.1, 0.15) is 41.9 Å². The molecule has 0 radical (unpaired) electrons. The number of aromatic nitrogens is 4. The Morgan fingerprint density at radius 1 is 1.24 bits per heavy atom. The molecule has 1 saturated carbocycles. The van der Waals surface area contributed by atoms with Crippen LogP contribution in [0.2, 0.25) is 0 Å². The second-order valence-electron chi connectivity index (χ2n) is 6.67. The van der Waals surface area contributed by atoms with Gasteiger partial charge >= 0.3 is 6.18 Å². The molecule has 0 unspecified atom stereocenters. The number of halogens is 3. The summed E-state index contributed by atoms with van der Waals surface area (Å²) in [5.74, 6) is -0.639. The standard InChI is InChI=1S/C18H22F3N5O3/c1-28-8-9-29-14-4-2-13(3-5-14)26(25-7-6-22-12-25)17(27)15-10-16(18(19,20)21)24-11-23-15/h6-7,10-14H,2-5,8-9H2,1H3. The van der Waals surface area contributed by atoms with Crippen LogP contribution >= 0.6 is 0 Å². The molecule has 0 aromatic carbocycles. The predicted molar refractivity (Wildman–Crippen MR) is 95.7 cm³/mol. The molecular formula is C18H22F3N5O3. The van der Waals surface area contributed by atoms with Crippen molar-refractivity contribution in [2.24, 2.45) is 0 Å². The van der Waals surface area contributed by atoms with Crippen molar-refractivity contribution in [3.8, 4) is 0 Å². The molecule has 29 heavy (non-hydrogen) atoms. The molecule has 3 rings (SSSR count). The monoisotopic (exact) mass is 413 g/mol. The number of hydrogen-bond donors (Lipinski definition) is 0. The smallest absolute Gasteiger partial charge is 0.382 e. The van der Waals surface area contributed by atoms with E-state index in [0.29, 0.717) is 32.1 Å². The van der Waals surface area contributed by atoms with Gasteiger partial charge in [-0.1, -0.05) is 0 Å². The second-order valence-corrected chi connectivity index (χ2v) is 6.67. The molecule has 0 aliphatic heterocycles. The number of amides is 1. The van der Waals surface area contributed by atoms with Gasteiger partial charge in [0.15, 0.2) is 0 Å². The number of methoxy groups -OCH3 is 1. The van der Waals surface area contributed by atoms with Gasteiger partial charge in [0, 0.05) is 25.6 Å². The van der Waals surface area contributed by atoms with E-state index in [0.717, 1.165) is 19.2 Å². The van der Waals surface area contributed by atoms with Gasteiger partial charge in [0.25, 0.3) is 5.91 Å². The molecule has 0 atom stereocenters. The summed E-state index contributed by atoms with van der Waals surface area (Å²) >= 11 is 0. The Kier molecular flexibility index (Phi) is 6.80. The fourth-order valence-corrected chi connectivity index (χ4v) is 3.34. The Hall–Kier alpha value is -2.53. The number of carbonyl (C=O) groups is 1. The molecule has 0 bridgehead atoms. The van der Waals surface area contributed by atoms with E-state index in [1.807, 2.05) is 0 Å². The van der Waals surface area contributed by atoms with E-state index in [2.05, 4.69) is 15.0 Å². The van der Waals surface area contributed by atoms with Crippen molar-refractivity contribution >= 4 is 5.91 Å². The van der Waals surface area contributed by atoms with Gasteiger partial charge in [-0.15, -0.1) is 0 Å². The third kappa shape index (κ3) is 5.30. The molecule has 158 valence electrons. The van der Waals surface area contributed by atoms with Crippen molar-refractivity contribution in [2.75, 3.05) is 25.3 Å². The van der Waals surface area contributed by atoms with E-state index in [4.69, 9.17) is 9.47 Å². The Labute approximate surface area is 165 Å². The Balaban J connectivity index is 1.76. The number of imidazole rings is 1. The van der Waals surface area contributed by atoms with Gasteiger partial charge in [-0.2, -0.15) is 13.2 Å². The normalized spacial score (nSPS) is 19.9. The van der Waals surface area contributed by atoms with Gasteiger partial charge in [-0.05, 0) is 25.7 Å². The van der Waals surface area contributed by atoms with Gasteiger partial charge in [-0.25, -0.2) is 24.6 Å². The molecule has 1 amide bonds. The Bertz CT molecular complexity index is 792. The zero-order chi connectivity index (χ0) is 20.9. The Morgan fingerprint density at radius 2 is 2.00 bits per heavy atom. The summed E-state index contributed by atoms with van der Waals surface area (Å²) in [6.07, 6.45) is 3.40. The van der Waals surface area contributed by atoms with E-state index in [1.165, 1.54) is 22.2 Å². The first kappa shape index (κ1) is 21.2. The van der Waals surface area contributed by atoms with Crippen molar-refractivity contribution in [3.05, 3.63) is 42.5 Å². The third-order valence-electron chi connectivity index (χ3n) is 4.75. The molecule has 2 aromatic heterocycles. The molecule has 8 nitrogen and oxygen atoms in total. The molecular weight excluding hydrogens is 391 g/mol. The van der Waals surface area contributed by atoms with Crippen LogP contribution in [0.25, 0.3) is 0 Å². The number of nitrogens with zero attached hydrogens (tertiary/aromatic N) is 5. The topological polar surface area (TPSA) is 82.4 Å². The summed E-state index contributed by atoms with van der Waals surface area (Å²) < 4.78 is 51.1. The second kappa shape index (κ2) is 9.31. The highest BCUT2D eigenvalue weighted by Gasteiger charge is 2.36. The maximum atomic E-state index is 13.1. The summed E-state index contributed by atoms with van der Waals surface area (Å²) in [5.41, 5.74) is -1.48. The summed E-state index contributed by atoms with van der Waals surface area (Å²) in [4.78, 5) is 24.0. The van der Waals surface area contributed by atoms with Gasteiger partial charge in [0.1, 0.15) is 24.0 Å². The molecule has 0 spiro atoms. The molecule has 0 saturated heterocycles. The van der Waals surface area contributed by atoms with Crippen LogP contribution < -0.4 is 5.01 Å². The van der Waals surface area contributed by atoms with Crippen molar-refractivity contribution in [3.63, 3.8) is 0 Å². The van der Waals surface area contributed by atoms with Crippen LogP contribution in [-0.4, -0.2) is 58.0 Å². The zero-order valence-corrected chi connectivity index (χ0v) is 15.9. The van der Waals surface area contributed by atoms with Crippen LogP contribution in [0.5, 0.6) is 0 Å². The van der Waals surface area contributed by atoms with Gasteiger partial charge in [-0.3, -0.25) is 4.79 Å². The lowest BCUT2D eigenvalue weighted by molar-refractivity contribution is -0.141. The van der Waals surface area contributed by atoms with Gasteiger partial charge < -0.3 is 9.47 Å². The molecule has 1 aliphatic carbocycles. The molecule has 2 aromatic rings. The van der Waals surface area contributed by atoms with Crippen LogP contribution in [0.4, 0.5) is 13.2 Å². The highest BCUT2D eigenvalue weighted by Crippen LogP contribution is 2.29. The van der Waals surface area contributed by atoms with Crippen LogP contribution in [0.15, 0.2) is 31.1 Å². The van der Waals surface area contributed by atoms with Crippen molar-refractivity contribution in [1.29, 1.82) is 0 Å². The van der Waals surface area contributed by atoms with E-state index >= 15 is 0 Å². The van der Waals surface area contributed by atoms with Crippen molar-refractivity contribution in [2.45, 2.75) is 44.0 Å². The number of carbonyl (C=O) groups excluding carboxylic acids is 1. The first-order valence-electron chi connectivity index (χ1n) is 9.21. The summed E-state index contributed by atoms with van der Waals surface area (Å²) in [6, 6.07) is 0.453. The van der Waals surface area contributed by atoms with Gasteiger partial charge in [0.05, 0.1) is 25.4 Å². The number of ether oxygens (including phenoxy) is 2. The highest BCUT2D eigenvalue weighted by molar-refractivity contribution is 6.00. The average molecular weight is 413 g/mol. The number of alkyl halides is 3. The molecule has 11 heteroatoms. The average Bonchev–Trinajstić information content (AvgIpc) is 3.23. The van der Waals surface area contributed by atoms with E-state index in [-0.39, 0.29) is 17.8 Å². The zero-order valence-electron chi connectivity index (χ0n) is 15.9. The first-order chi connectivity index (χ1) is 13.9. The third-order valence-corrected chi connectivity index (χ3v) is 4.75. The minimum absolute atomic E-state index is 0.0667. The van der Waals surface area contributed by atoms with Crippen LogP contribution in [0, 0.1) is 0 Å². The summed E-state index contributed by atoms with van der Waals surface area (Å²) in [6.45, 7) is 1.01. The number of rotatable bonds is 7. The van der Waals surface area contributed by atoms with Crippen molar-refractivity contribution in [1.82, 2.24) is 19.6 Å². The minimum atomic E-state index is -4.66. The highest BCUT2D eigenvalue weighted by atomic mass is 19.4. The summed E-state index contributed by atoms with van der Waals surface area (Å²) in [5, 5.41) is 1.40. The van der Waals surface area contributed by atoms with E-state index in [9.17, 15) is 18.0 Å². The lowest BCUT2D eigenvalue weighted by Gasteiger charge is -2.36. The van der Waals surface area contributed by atoms with Crippen LogP contribution in [0.3, 0.4) is 0 Å². The maximum absolute atomic E-state index is 13.1. The molecule has 1 aliphatic rings. The maximum Gasteiger partial charge on any atom is 0.433 e. The lowest BCUT2D eigenvalue weighted by atomic mass is 9.92. The van der Waals surface area contributed by atoms with Crippen molar-refractivity contribution < 1.29 is 27.4 Å². The molecule has 0 N–H and O–H groups in total. The van der Waals surface area contributed by atoms with E-state index in [1.54, 1.807) is 13.3 Å².